The molecule has 0 saturated heterocycles. The summed E-state index contributed by atoms with van der Waals surface area (Å²) in [6.07, 6.45) is 7.69. The predicted molar refractivity (Wildman–Crippen MR) is 82.5 cm³/mol. The summed E-state index contributed by atoms with van der Waals surface area (Å²) in [5.74, 6) is 0.774. The van der Waals surface area contributed by atoms with E-state index >= 15 is 0 Å². The Morgan fingerprint density at radius 2 is 1.95 bits per heavy atom. The van der Waals surface area contributed by atoms with Crippen LogP contribution in [0.2, 0.25) is 5.02 Å². The molecule has 0 aromatic heterocycles. The van der Waals surface area contributed by atoms with Crippen LogP contribution in [-0.2, 0) is 10.0 Å². The molecule has 0 spiro atoms. The Balaban J connectivity index is 1.94. The van der Waals surface area contributed by atoms with Gasteiger partial charge in [0.25, 0.3) is 0 Å². The molecule has 20 heavy (non-hydrogen) atoms. The third kappa shape index (κ3) is 4.36. The second-order valence-corrected chi connectivity index (χ2v) is 7.37. The molecule has 0 aliphatic heterocycles. The first-order chi connectivity index (χ1) is 9.47. The monoisotopic (exact) mass is 316 g/mol. The van der Waals surface area contributed by atoms with Gasteiger partial charge in [0.15, 0.2) is 0 Å². The first-order valence-corrected chi connectivity index (χ1v) is 8.95. The van der Waals surface area contributed by atoms with E-state index in [-0.39, 0.29) is 4.90 Å². The Morgan fingerprint density at radius 1 is 1.25 bits per heavy atom. The van der Waals surface area contributed by atoms with E-state index in [9.17, 15) is 8.42 Å². The zero-order chi connectivity index (χ0) is 14.6. The van der Waals surface area contributed by atoms with E-state index in [1.165, 1.54) is 44.2 Å². The highest BCUT2D eigenvalue weighted by Gasteiger charge is 2.14. The summed E-state index contributed by atoms with van der Waals surface area (Å²) in [6.45, 7) is 0.804. The SMILES string of the molecule is NS(=O)(=O)c1ccc(Cl)c(NCCC2CCCCC2)c1. The van der Waals surface area contributed by atoms with Crippen LogP contribution in [0.1, 0.15) is 38.5 Å². The smallest absolute Gasteiger partial charge is 0.238 e. The molecule has 0 bridgehead atoms. The van der Waals surface area contributed by atoms with Crippen molar-refractivity contribution in [2.75, 3.05) is 11.9 Å². The molecule has 1 aliphatic rings. The third-order valence-electron chi connectivity index (χ3n) is 3.86. The Morgan fingerprint density at radius 3 is 2.60 bits per heavy atom. The second kappa shape index (κ2) is 6.78. The van der Waals surface area contributed by atoms with Gasteiger partial charge in [-0.25, -0.2) is 13.6 Å². The normalized spacial score (nSPS) is 17.1. The average molecular weight is 317 g/mol. The lowest BCUT2D eigenvalue weighted by Crippen LogP contribution is -2.14. The number of hydrogen-bond acceptors (Lipinski definition) is 3. The van der Waals surface area contributed by atoms with E-state index in [1.54, 1.807) is 6.07 Å². The molecule has 112 valence electrons. The average Bonchev–Trinajstić information content (AvgIpc) is 2.41. The van der Waals surface area contributed by atoms with Gasteiger partial charge in [0, 0.05) is 6.54 Å². The number of nitrogens with one attached hydrogen (secondary N) is 1. The van der Waals surface area contributed by atoms with Crippen molar-refractivity contribution in [2.45, 2.75) is 43.4 Å². The van der Waals surface area contributed by atoms with Crippen molar-refractivity contribution >= 4 is 27.3 Å². The Bertz CT molecular complexity index is 554. The first kappa shape index (κ1) is 15.6. The lowest BCUT2D eigenvalue weighted by atomic mass is 9.87. The van der Waals surface area contributed by atoms with E-state index < -0.39 is 10.0 Å². The molecule has 1 aromatic rings. The number of nitrogens with two attached hydrogens (primary N) is 1. The summed E-state index contributed by atoms with van der Waals surface area (Å²) < 4.78 is 22.6. The van der Waals surface area contributed by atoms with Crippen LogP contribution in [-0.4, -0.2) is 15.0 Å². The quantitative estimate of drug-likeness (QED) is 0.874. The lowest BCUT2D eigenvalue weighted by Gasteiger charge is -2.21. The van der Waals surface area contributed by atoms with Gasteiger partial charge in [-0.1, -0.05) is 43.7 Å². The molecule has 6 heteroatoms. The molecule has 0 atom stereocenters. The van der Waals surface area contributed by atoms with Crippen molar-refractivity contribution in [1.29, 1.82) is 0 Å². The molecule has 0 radical (unpaired) electrons. The largest absolute Gasteiger partial charge is 0.384 e. The lowest BCUT2D eigenvalue weighted by molar-refractivity contribution is 0.345. The van der Waals surface area contributed by atoms with Gasteiger partial charge in [0.1, 0.15) is 0 Å². The molecule has 3 N–H and O–H groups in total. The van der Waals surface area contributed by atoms with Crippen molar-refractivity contribution < 1.29 is 8.42 Å². The van der Waals surface area contributed by atoms with Crippen molar-refractivity contribution in [1.82, 2.24) is 0 Å². The van der Waals surface area contributed by atoms with Gasteiger partial charge in [-0.2, -0.15) is 0 Å². The fraction of sp³-hybridized carbons (Fsp3) is 0.571. The maximum Gasteiger partial charge on any atom is 0.238 e. The topological polar surface area (TPSA) is 72.2 Å². The van der Waals surface area contributed by atoms with Gasteiger partial charge in [-0.3, -0.25) is 0 Å². The van der Waals surface area contributed by atoms with E-state index in [1.807, 2.05) is 0 Å². The highest BCUT2D eigenvalue weighted by Crippen LogP contribution is 2.28. The van der Waals surface area contributed by atoms with Crippen molar-refractivity contribution in [3.63, 3.8) is 0 Å². The number of anilines is 1. The van der Waals surface area contributed by atoms with Crippen LogP contribution in [0.25, 0.3) is 0 Å². The zero-order valence-electron chi connectivity index (χ0n) is 11.4. The van der Waals surface area contributed by atoms with Gasteiger partial charge >= 0.3 is 0 Å². The van der Waals surface area contributed by atoms with E-state index in [0.29, 0.717) is 10.7 Å². The van der Waals surface area contributed by atoms with Crippen molar-refractivity contribution in [3.8, 4) is 0 Å². The second-order valence-electron chi connectivity index (χ2n) is 5.41. The standard InChI is InChI=1S/C14H21ClN2O2S/c15-13-7-6-12(20(16,18)19)10-14(13)17-9-8-11-4-2-1-3-5-11/h6-7,10-11,17H,1-5,8-9H2,(H2,16,18,19). The fourth-order valence-electron chi connectivity index (χ4n) is 2.70. The summed E-state index contributed by atoms with van der Waals surface area (Å²) >= 11 is 6.07. The summed E-state index contributed by atoms with van der Waals surface area (Å²) in [4.78, 5) is 0.0852. The minimum Gasteiger partial charge on any atom is -0.384 e. The molecule has 1 aromatic carbocycles. The molecule has 2 rings (SSSR count). The molecular weight excluding hydrogens is 296 g/mol. The number of benzene rings is 1. The summed E-state index contributed by atoms with van der Waals surface area (Å²) in [6, 6.07) is 4.48. The molecule has 1 fully saturated rings. The Kier molecular flexibility index (Phi) is 5.29. The number of sulfonamides is 1. The van der Waals surface area contributed by atoms with Crippen LogP contribution in [0, 0.1) is 5.92 Å². The molecule has 1 aliphatic carbocycles. The number of rotatable bonds is 5. The number of halogens is 1. The first-order valence-electron chi connectivity index (χ1n) is 7.03. The number of hydrogen-bond donors (Lipinski definition) is 2. The van der Waals surface area contributed by atoms with Gasteiger partial charge < -0.3 is 5.32 Å². The number of primary sulfonamides is 1. The van der Waals surface area contributed by atoms with Crippen LogP contribution in [0.3, 0.4) is 0 Å². The molecule has 0 amide bonds. The van der Waals surface area contributed by atoms with Crippen LogP contribution in [0.15, 0.2) is 23.1 Å². The Labute approximate surface area is 125 Å². The van der Waals surface area contributed by atoms with E-state index in [4.69, 9.17) is 16.7 Å². The van der Waals surface area contributed by atoms with Crippen LogP contribution in [0.4, 0.5) is 5.69 Å². The van der Waals surface area contributed by atoms with E-state index in [0.717, 1.165) is 18.9 Å². The molecule has 0 heterocycles. The molecule has 1 saturated carbocycles. The van der Waals surface area contributed by atoms with Crippen LogP contribution >= 0.6 is 11.6 Å². The van der Waals surface area contributed by atoms with Gasteiger partial charge in [-0.15, -0.1) is 0 Å². The molecular formula is C14H21ClN2O2S. The van der Waals surface area contributed by atoms with E-state index in [2.05, 4.69) is 5.32 Å². The fourth-order valence-corrected chi connectivity index (χ4v) is 3.43. The van der Waals surface area contributed by atoms with Gasteiger partial charge in [-0.05, 0) is 30.5 Å². The minimum absolute atomic E-state index is 0.0852. The zero-order valence-corrected chi connectivity index (χ0v) is 13.0. The van der Waals surface area contributed by atoms with Crippen LogP contribution in [0.5, 0.6) is 0 Å². The maximum absolute atomic E-state index is 11.3. The third-order valence-corrected chi connectivity index (χ3v) is 5.10. The minimum atomic E-state index is -3.69. The highest BCUT2D eigenvalue weighted by atomic mass is 35.5. The maximum atomic E-state index is 11.3. The molecule has 4 nitrogen and oxygen atoms in total. The van der Waals surface area contributed by atoms with Gasteiger partial charge in [0.2, 0.25) is 10.0 Å². The summed E-state index contributed by atoms with van der Waals surface area (Å²) in [7, 11) is -3.69. The van der Waals surface area contributed by atoms with Crippen molar-refractivity contribution in [3.05, 3.63) is 23.2 Å². The predicted octanol–water partition coefficient (Wildman–Crippen LogP) is 3.37. The summed E-state index contributed by atoms with van der Waals surface area (Å²) in [5.41, 5.74) is 0.633. The van der Waals surface area contributed by atoms with Crippen LogP contribution < -0.4 is 10.5 Å². The van der Waals surface area contributed by atoms with Crippen molar-refractivity contribution in [2.24, 2.45) is 11.1 Å². The summed E-state index contributed by atoms with van der Waals surface area (Å²) in [5, 5.41) is 8.86. The Hall–Kier alpha value is -0.780. The molecule has 0 unspecified atom stereocenters. The van der Waals surface area contributed by atoms with Gasteiger partial charge in [0.05, 0.1) is 15.6 Å². The highest BCUT2D eigenvalue weighted by molar-refractivity contribution is 7.89.